The molecule has 0 radical (unpaired) electrons. The zero-order valence-corrected chi connectivity index (χ0v) is 17.1. The average Bonchev–Trinajstić information content (AvgIpc) is 2.93. The number of benzene rings is 2. The Kier molecular flexibility index (Phi) is 5.70. The normalized spacial score (nSPS) is 12.1. The number of aryl methyl sites for hydroxylation is 1. The van der Waals surface area contributed by atoms with E-state index in [0.29, 0.717) is 23.4 Å². The first-order chi connectivity index (χ1) is 13.6. The molecule has 6 nitrogen and oxygen atoms in total. The Labute approximate surface area is 168 Å². The maximum absolute atomic E-state index is 12.6. The molecular weight excluding hydrogens is 400 g/mol. The van der Waals surface area contributed by atoms with E-state index in [1.54, 1.807) is 44.2 Å². The van der Waals surface area contributed by atoms with Crippen LogP contribution in [0.5, 0.6) is 5.75 Å². The molecule has 1 heterocycles. The van der Waals surface area contributed by atoms with Gasteiger partial charge in [-0.3, -0.25) is 4.72 Å². The monoisotopic (exact) mass is 423 g/mol. The molecule has 0 aliphatic heterocycles. The highest BCUT2D eigenvalue weighted by molar-refractivity contribution is 7.93. The van der Waals surface area contributed by atoms with E-state index < -0.39 is 21.9 Å². The quantitative estimate of drug-likeness (QED) is 0.579. The minimum absolute atomic E-state index is 0.0599. The van der Waals surface area contributed by atoms with Gasteiger partial charge in [-0.2, -0.15) is 8.78 Å². The summed E-state index contributed by atoms with van der Waals surface area (Å²) in [6.07, 6.45) is 0. The van der Waals surface area contributed by atoms with Crippen molar-refractivity contribution >= 4 is 32.3 Å². The third kappa shape index (κ3) is 4.14. The van der Waals surface area contributed by atoms with Gasteiger partial charge in [-0.05, 0) is 45.0 Å². The molecule has 9 heteroatoms. The van der Waals surface area contributed by atoms with Gasteiger partial charge in [0, 0.05) is 29.2 Å². The minimum atomic E-state index is -3.44. The largest absolute Gasteiger partial charge is 0.435 e. The van der Waals surface area contributed by atoms with Crippen molar-refractivity contribution in [2.24, 2.45) is 0 Å². The van der Waals surface area contributed by atoms with E-state index in [-0.39, 0.29) is 5.75 Å². The number of ether oxygens (including phenoxy) is 1. The molecular formula is C20H23F2N3O3S. The Morgan fingerprint density at radius 3 is 2.34 bits per heavy atom. The van der Waals surface area contributed by atoms with Crippen LogP contribution in [0.2, 0.25) is 0 Å². The highest BCUT2D eigenvalue weighted by Gasteiger charge is 2.19. The summed E-state index contributed by atoms with van der Waals surface area (Å²) in [5.74, 6) is 0.0599. The molecule has 0 fully saturated rings. The molecule has 0 spiro atoms. The van der Waals surface area contributed by atoms with Gasteiger partial charge in [-0.25, -0.2) is 8.42 Å². The van der Waals surface area contributed by atoms with Gasteiger partial charge in [0.25, 0.3) is 0 Å². The van der Waals surface area contributed by atoms with Gasteiger partial charge in [0.2, 0.25) is 10.0 Å². The molecule has 0 saturated heterocycles. The number of aromatic nitrogens is 1. The van der Waals surface area contributed by atoms with E-state index in [9.17, 15) is 17.2 Å². The van der Waals surface area contributed by atoms with Crippen molar-refractivity contribution in [2.45, 2.75) is 39.2 Å². The van der Waals surface area contributed by atoms with Gasteiger partial charge in [-0.15, -0.1) is 0 Å². The number of nitrogens with two attached hydrogens (primary N) is 1. The number of anilines is 2. The lowest BCUT2D eigenvalue weighted by Crippen LogP contribution is -2.22. The van der Waals surface area contributed by atoms with Crippen molar-refractivity contribution in [2.75, 3.05) is 10.5 Å². The van der Waals surface area contributed by atoms with Gasteiger partial charge in [-0.1, -0.05) is 12.1 Å². The predicted molar refractivity (Wildman–Crippen MR) is 112 cm³/mol. The third-order valence-electron chi connectivity index (χ3n) is 4.66. The van der Waals surface area contributed by atoms with Crippen LogP contribution in [0.4, 0.5) is 20.2 Å². The van der Waals surface area contributed by atoms with Crippen molar-refractivity contribution < 1.29 is 21.9 Å². The number of nitrogen functional groups attached to an aromatic ring is 1. The first-order valence-electron chi connectivity index (χ1n) is 9.12. The lowest BCUT2D eigenvalue weighted by molar-refractivity contribution is -0.0497. The molecule has 0 bridgehead atoms. The zero-order valence-electron chi connectivity index (χ0n) is 16.3. The Bertz CT molecular complexity index is 1120. The Hall–Kier alpha value is -2.81. The number of hydrogen-bond donors (Lipinski definition) is 2. The molecule has 0 aliphatic carbocycles. The van der Waals surface area contributed by atoms with Gasteiger partial charge in [0.15, 0.2) is 0 Å². The summed E-state index contributed by atoms with van der Waals surface area (Å²) in [6, 6.07) is 11.5. The number of halogens is 2. The molecule has 0 amide bonds. The maximum Gasteiger partial charge on any atom is 0.387 e. The first kappa shape index (κ1) is 20.9. The number of nitrogens with one attached hydrogen (secondary N) is 1. The summed E-state index contributed by atoms with van der Waals surface area (Å²) in [5.41, 5.74) is 9.52. The molecule has 0 atom stereocenters. The number of hydrogen-bond acceptors (Lipinski definition) is 4. The van der Waals surface area contributed by atoms with Crippen molar-refractivity contribution in [3.05, 3.63) is 42.5 Å². The van der Waals surface area contributed by atoms with Crippen LogP contribution >= 0.6 is 0 Å². The molecule has 0 unspecified atom stereocenters. The van der Waals surface area contributed by atoms with E-state index >= 15 is 0 Å². The van der Waals surface area contributed by atoms with E-state index in [2.05, 4.69) is 9.46 Å². The third-order valence-corrected chi connectivity index (χ3v) is 6.42. The number of rotatable bonds is 7. The lowest BCUT2D eigenvalue weighted by Gasteiger charge is -2.13. The van der Waals surface area contributed by atoms with Crippen LogP contribution in [0.1, 0.15) is 20.8 Å². The van der Waals surface area contributed by atoms with Gasteiger partial charge in [0.1, 0.15) is 5.75 Å². The van der Waals surface area contributed by atoms with Crippen LogP contribution in [0.25, 0.3) is 22.2 Å². The summed E-state index contributed by atoms with van der Waals surface area (Å²) >= 11 is 0. The van der Waals surface area contributed by atoms with Gasteiger partial charge < -0.3 is 15.0 Å². The fraction of sp³-hybridized carbons (Fsp3) is 0.300. The summed E-state index contributed by atoms with van der Waals surface area (Å²) in [5, 5.41) is 0.179. The van der Waals surface area contributed by atoms with E-state index in [1.807, 2.05) is 11.5 Å². The SMILES string of the molecule is CCn1c(-c2ccc(NS(=O)(=O)C(C)C)cc2)c(N)c2ccc(OC(F)F)cc21. The molecule has 29 heavy (non-hydrogen) atoms. The smallest absolute Gasteiger partial charge is 0.387 e. The zero-order chi connectivity index (χ0) is 21.3. The van der Waals surface area contributed by atoms with Crippen LogP contribution in [0.15, 0.2) is 42.5 Å². The highest BCUT2D eigenvalue weighted by Crippen LogP contribution is 2.38. The molecule has 0 aliphatic rings. The molecule has 0 saturated carbocycles. The first-order valence-corrected chi connectivity index (χ1v) is 10.7. The summed E-state index contributed by atoms with van der Waals surface area (Å²) in [7, 11) is -3.44. The Balaban J connectivity index is 2.04. The second-order valence-electron chi connectivity index (χ2n) is 6.84. The highest BCUT2D eigenvalue weighted by atomic mass is 32.2. The topological polar surface area (TPSA) is 86.4 Å². The van der Waals surface area contributed by atoms with Crippen LogP contribution < -0.4 is 15.2 Å². The number of fused-ring (bicyclic) bond motifs is 1. The fourth-order valence-electron chi connectivity index (χ4n) is 3.15. The number of nitrogens with zero attached hydrogens (tertiary/aromatic N) is 1. The Morgan fingerprint density at radius 2 is 1.79 bits per heavy atom. The molecule has 3 aromatic rings. The minimum Gasteiger partial charge on any atom is -0.435 e. The fourth-order valence-corrected chi connectivity index (χ4v) is 3.85. The molecule has 1 aromatic heterocycles. The Morgan fingerprint density at radius 1 is 1.14 bits per heavy atom. The molecule has 3 N–H and O–H groups in total. The van der Waals surface area contributed by atoms with Crippen molar-refractivity contribution in [1.82, 2.24) is 4.57 Å². The summed E-state index contributed by atoms with van der Waals surface area (Å²) < 4.78 is 58.1. The van der Waals surface area contributed by atoms with E-state index in [1.165, 1.54) is 12.1 Å². The lowest BCUT2D eigenvalue weighted by atomic mass is 10.1. The number of alkyl halides is 2. The van der Waals surface area contributed by atoms with Gasteiger partial charge >= 0.3 is 6.61 Å². The second kappa shape index (κ2) is 7.90. The molecule has 2 aromatic carbocycles. The van der Waals surface area contributed by atoms with Gasteiger partial charge in [0.05, 0.1) is 22.1 Å². The van der Waals surface area contributed by atoms with Crippen LogP contribution in [-0.2, 0) is 16.6 Å². The predicted octanol–water partition coefficient (Wildman–Crippen LogP) is 4.66. The van der Waals surface area contributed by atoms with Crippen LogP contribution in [0.3, 0.4) is 0 Å². The molecule has 156 valence electrons. The van der Waals surface area contributed by atoms with E-state index in [0.717, 1.165) is 16.6 Å². The average molecular weight is 423 g/mol. The van der Waals surface area contributed by atoms with Crippen LogP contribution in [-0.4, -0.2) is 24.8 Å². The second-order valence-corrected chi connectivity index (χ2v) is 9.07. The van der Waals surface area contributed by atoms with Crippen LogP contribution in [0, 0.1) is 0 Å². The van der Waals surface area contributed by atoms with Crippen molar-refractivity contribution in [1.29, 1.82) is 0 Å². The van der Waals surface area contributed by atoms with Crippen molar-refractivity contribution in [3.8, 4) is 17.0 Å². The number of sulfonamides is 1. The summed E-state index contributed by atoms with van der Waals surface area (Å²) in [4.78, 5) is 0. The maximum atomic E-state index is 12.6. The van der Waals surface area contributed by atoms with Crippen molar-refractivity contribution in [3.63, 3.8) is 0 Å². The molecule has 3 rings (SSSR count). The standard InChI is InChI=1S/C20H23F2N3O3S/c1-4-25-17-11-15(28-20(21)22)9-10-16(17)18(23)19(25)13-5-7-14(8-6-13)24-29(26,27)12(2)3/h5-12,20,24H,4,23H2,1-3H3. The summed E-state index contributed by atoms with van der Waals surface area (Å²) in [6.45, 7) is 2.78. The van der Waals surface area contributed by atoms with E-state index in [4.69, 9.17) is 5.73 Å².